The first-order chi connectivity index (χ1) is 13.5. The van der Waals surface area contributed by atoms with Gasteiger partial charge >= 0.3 is 12.6 Å². The molecule has 0 aliphatic heterocycles. The number of thiophene rings is 1. The van der Waals surface area contributed by atoms with Crippen molar-refractivity contribution in [2.45, 2.75) is 13.2 Å². The first-order valence-corrected chi connectivity index (χ1v) is 8.90. The van der Waals surface area contributed by atoms with E-state index in [-0.39, 0.29) is 18.1 Å². The van der Waals surface area contributed by atoms with Crippen LogP contribution >= 0.6 is 11.3 Å². The summed E-state index contributed by atoms with van der Waals surface area (Å²) >= 11 is 1.51. The van der Waals surface area contributed by atoms with Crippen LogP contribution in [0.5, 0.6) is 11.5 Å². The number of nitrogens with zero attached hydrogens (tertiary/aromatic N) is 1. The van der Waals surface area contributed by atoms with Crippen LogP contribution in [0.25, 0.3) is 16.7 Å². The van der Waals surface area contributed by atoms with Crippen molar-refractivity contribution in [3.8, 4) is 22.1 Å². The average Bonchev–Trinajstić information content (AvgIpc) is 3.36. The van der Waals surface area contributed by atoms with E-state index in [1.54, 1.807) is 6.07 Å². The third-order valence-electron chi connectivity index (χ3n) is 3.50. The molecule has 146 valence electrons. The lowest BCUT2D eigenvalue weighted by Gasteiger charge is -2.10. The summed E-state index contributed by atoms with van der Waals surface area (Å²) in [6, 6.07) is 9.80. The quantitative estimate of drug-likeness (QED) is 0.396. The molecule has 0 atom stereocenters. The summed E-state index contributed by atoms with van der Waals surface area (Å²) in [5.74, 6) is 0.0478. The van der Waals surface area contributed by atoms with Crippen LogP contribution in [0.15, 0.2) is 52.4 Å². The van der Waals surface area contributed by atoms with Crippen molar-refractivity contribution in [2.75, 3.05) is 7.11 Å². The Morgan fingerprint density at radius 2 is 2.14 bits per heavy atom. The lowest BCUT2D eigenvalue weighted by Crippen LogP contribution is -2.03. The number of ether oxygens (including phenoxy) is 3. The number of benzene rings is 1. The van der Waals surface area contributed by atoms with Crippen molar-refractivity contribution in [1.29, 1.82) is 0 Å². The zero-order chi connectivity index (χ0) is 19.9. The van der Waals surface area contributed by atoms with Crippen molar-refractivity contribution >= 4 is 23.4 Å². The van der Waals surface area contributed by atoms with E-state index in [0.717, 1.165) is 4.88 Å². The normalized spacial score (nSPS) is 11.1. The summed E-state index contributed by atoms with van der Waals surface area (Å²) in [5, 5.41) is 5.78. The fourth-order valence-corrected chi connectivity index (χ4v) is 2.93. The maximum absolute atomic E-state index is 12.3. The number of methoxy groups -OCH3 is 1. The molecule has 3 rings (SSSR count). The van der Waals surface area contributed by atoms with Gasteiger partial charge in [0, 0.05) is 12.1 Å². The predicted octanol–water partition coefficient (Wildman–Crippen LogP) is 4.77. The van der Waals surface area contributed by atoms with Gasteiger partial charge in [-0.2, -0.15) is 8.78 Å². The Morgan fingerprint density at radius 3 is 2.86 bits per heavy atom. The fraction of sp³-hybridized carbons (Fsp3) is 0.158. The van der Waals surface area contributed by atoms with Crippen molar-refractivity contribution < 1.29 is 32.3 Å². The van der Waals surface area contributed by atoms with Gasteiger partial charge in [0.15, 0.2) is 17.3 Å². The summed E-state index contributed by atoms with van der Waals surface area (Å²) in [7, 11) is 1.33. The van der Waals surface area contributed by atoms with E-state index in [1.165, 1.54) is 48.8 Å². The van der Waals surface area contributed by atoms with Gasteiger partial charge in [0.1, 0.15) is 12.3 Å². The van der Waals surface area contributed by atoms with Gasteiger partial charge in [-0.3, -0.25) is 0 Å². The number of alkyl halides is 2. The van der Waals surface area contributed by atoms with Gasteiger partial charge in [-0.15, -0.1) is 11.3 Å². The smallest absolute Gasteiger partial charge is 0.387 e. The van der Waals surface area contributed by atoms with E-state index in [1.807, 2.05) is 17.5 Å². The van der Waals surface area contributed by atoms with Crippen molar-refractivity contribution in [2.24, 2.45) is 0 Å². The second-order valence-electron chi connectivity index (χ2n) is 5.39. The molecule has 0 aliphatic rings. The van der Waals surface area contributed by atoms with Crippen molar-refractivity contribution in [3.05, 3.63) is 59.1 Å². The van der Waals surface area contributed by atoms with Gasteiger partial charge in [-0.05, 0) is 35.2 Å². The molecule has 0 fully saturated rings. The largest absolute Gasteiger partial charge is 0.493 e. The SMILES string of the molecule is COc1cc(/C=C/C(=O)OCc2cc(-c3cccs3)on2)ccc1OC(F)F. The highest BCUT2D eigenvalue weighted by Gasteiger charge is 2.11. The highest BCUT2D eigenvalue weighted by Crippen LogP contribution is 2.30. The molecule has 0 spiro atoms. The van der Waals surface area contributed by atoms with Gasteiger partial charge in [0.25, 0.3) is 0 Å². The second kappa shape index (κ2) is 9.14. The van der Waals surface area contributed by atoms with E-state index in [9.17, 15) is 13.6 Å². The van der Waals surface area contributed by atoms with E-state index in [4.69, 9.17) is 14.0 Å². The van der Waals surface area contributed by atoms with Crippen LogP contribution in [0.1, 0.15) is 11.3 Å². The molecule has 0 aliphatic carbocycles. The molecule has 28 heavy (non-hydrogen) atoms. The van der Waals surface area contributed by atoms with Crippen LogP contribution in [0.4, 0.5) is 8.78 Å². The van der Waals surface area contributed by atoms with Gasteiger partial charge in [0.2, 0.25) is 0 Å². The maximum Gasteiger partial charge on any atom is 0.387 e. The number of esters is 1. The number of aromatic nitrogens is 1. The topological polar surface area (TPSA) is 70.8 Å². The highest BCUT2D eigenvalue weighted by atomic mass is 32.1. The number of rotatable bonds is 8. The standard InChI is InChI=1S/C19H15F2NO5S/c1-24-15-9-12(4-6-14(15)26-19(20)21)5-7-18(23)25-11-13-10-16(27-22-13)17-3-2-8-28-17/h2-10,19H,11H2,1H3/b7-5+. The molecule has 6 nitrogen and oxygen atoms in total. The van der Waals surface area contributed by atoms with Gasteiger partial charge in [-0.1, -0.05) is 17.3 Å². The van der Waals surface area contributed by atoms with E-state index in [0.29, 0.717) is 17.0 Å². The third-order valence-corrected chi connectivity index (χ3v) is 4.39. The van der Waals surface area contributed by atoms with E-state index in [2.05, 4.69) is 9.89 Å². The third kappa shape index (κ3) is 5.17. The van der Waals surface area contributed by atoms with E-state index < -0.39 is 12.6 Å². The molecule has 9 heteroatoms. The molecule has 0 bridgehead atoms. The Labute approximate surface area is 162 Å². The van der Waals surface area contributed by atoms with Crippen LogP contribution in [-0.4, -0.2) is 24.8 Å². The summed E-state index contributed by atoms with van der Waals surface area (Å²) in [5.41, 5.74) is 1.04. The number of halogens is 2. The zero-order valence-corrected chi connectivity index (χ0v) is 15.4. The molecular weight excluding hydrogens is 392 g/mol. The minimum absolute atomic E-state index is 0.0392. The number of hydrogen-bond acceptors (Lipinski definition) is 7. The van der Waals surface area contributed by atoms with Crippen LogP contribution in [0.2, 0.25) is 0 Å². The van der Waals surface area contributed by atoms with Crippen molar-refractivity contribution in [1.82, 2.24) is 5.16 Å². The zero-order valence-electron chi connectivity index (χ0n) is 14.6. The molecule has 1 aromatic carbocycles. The monoisotopic (exact) mass is 407 g/mol. The van der Waals surface area contributed by atoms with Gasteiger partial charge < -0.3 is 18.7 Å². The van der Waals surface area contributed by atoms with Crippen LogP contribution < -0.4 is 9.47 Å². The molecular formula is C19H15F2NO5S. The maximum atomic E-state index is 12.3. The van der Waals surface area contributed by atoms with Gasteiger partial charge in [-0.25, -0.2) is 4.79 Å². The van der Waals surface area contributed by atoms with E-state index >= 15 is 0 Å². The fourth-order valence-electron chi connectivity index (χ4n) is 2.25. The number of carbonyl (C=O) groups excluding carboxylic acids is 1. The minimum Gasteiger partial charge on any atom is -0.493 e. The lowest BCUT2D eigenvalue weighted by atomic mass is 10.2. The molecule has 0 N–H and O–H groups in total. The summed E-state index contributed by atoms with van der Waals surface area (Å²) in [6.07, 6.45) is 2.68. The van der Waals surface area contributed by atoms with Crippen molar-refractivity contribution in [3.63, 3.8) is 0 Å². The molecule has 0 amide bonds. The molecule has 0 saturated heterocycles. The Bertz CT molecular complexity index is 953. The first-order valence-electron chi connectivity index (χ1n) is 8.02. The number of hydrogen-bond donors (Lipinski definition) is 0. The van der Waals surface area contributed by atoms with Crippen LogP contribution in [0, 0.1) is 0 Å². The highest BCUT2D eigenvalue weighted by molar-refractivity contribution is 7.13. The summed E-state index contributed by atoms with van der Waals surface area (Å²) < 4.78 is 44.3. The Balaban J connectivity index is 1.56. The molecule has 2 heterocycles. The number of carbonyl (C=O) groups is 1. The van der Waals surface area contributed by atoms with Crippen LogP contribution in [0.3, 0.4) is 0 Å². The lowest BCUT2D eigenvalue weighted by molar-refractivity contribution is -0.139. The summed E-state index contributed by atoms with van der Waals surface area (Å²) in [4.78, 5) is 12.8. The Kier molecular flexibility index (Phi) is 6.38. The second-order valence-corrected chi connectivity index (χ2v) is 6.34. The Hall–Kier alpha value is -3.20. The Morgan fingerprint density at radius 1 is 1.29 bits per heavy atom. The molecule has 0 saturated carbocycles. The van der Waals surface area contributed by atoms with Gasteiger partial charge in [0.05, 0.1) is 12.0 Å². The molecule has 3 aromatic rings. The molecule has 2 aromatic heterocycles. The molecule has 0 unspecified atom stereocenters. The minimum atomic E-state index is -2.96. The van der Waals surface area contributed by atoms with Crippen LogP contribution in [-0.2, 0) is 16.1 Å². The average molecular weight is 407 g/mol. The predicted molar refractivity (Wildman–Crippen MR) is 98.3 cm³/mol. The molecule has 0 radical (unpaired) electrons. The first kappa shape index (κ1) is 19.6. The summed E-state index contributed by atoms with van der Waals surface area (Å²) in [6.45, 7) is -3.00.